The van der Waals surface area contributed by atoms with Crippen LogP contribution < -0.4 is 4.90 Å². The van der Waals surface area contributed by atoms with Gasteiger partial charge in [0, 0.05) is 17.1 Å². The molecule has 0 aliphatic heterocycles. The van der Waals surface area contributed by atoms with Crippen molar-refractivity contribution in [3.8, 4) is 0 Å². The molecule has 1 nitrogen and oxygen atoms in total. The Labute approximate surface area is 185 Å². The zero-order chi connectivity index (χ0) is 21.0. The van der Waals surface area contributed by atoms with Crippen LogP contribution in [0.2, 0.25) is 0 Å². The van der Waals surface area contributed by atoms with Gasteiger partial charge in [0.1, 0.15) is 0 Å². The topological polar surface area (TPSA) is 3.24 Å². The molecule has 0 aromatic heterocycles. The molecule has 0 saturated carbocycles. The fourth-order valence-electron chi connectivity index (χ4n) is 4.42. The number of aryl methyl sites for hydroxylation is 2. The Hall–Kier alpha value is -3.58. The van der Waals surface area contributed by atoms with Crippen molar-refractivity contribution in [2.24, 2.45) is 0 Å². The van der Waals surface area contributed by atoms with Crippen LogP contribution in [-0.2, 0) is 12.8 Å². The molecule has 0 radical (unpaired) electrons. The van der Waals surface area contributed by atoms with Crippen LogP contribution in [0.15, 0.2) is 97.1 Å². The van der Waals surface area contributed by atoms with Crippen molar-refractivity contribution in [1.29, 1.82) is 0 Å². The Bertz CT molecular complexity index is 1190. The number of para-hydroxylation sites is 1. The van der Waals surface area contributed by atoms with Gasteiger partial charge in [-0.3, -0.25) is 0 Å². The van der Waals surface area contributed by atoms with Gasteiger partial charge in [-0.1, -0.05) is 84.4 Å². The molecular weight excluding hydrogens is 374 g/mol. The highest BCUT2D eigenvalue weighted by Crippen LogP contribution is 2.40. The second-order valence-electron chi connectivity index (χ2n) is 8.27. The van der Waals surface area contributed by atoms with E-state index < -0.39 is 0 Å². The van der Waals surface area contributed by atoms with E-state index in [1.54, 1.807) is 0 Å². The maximum absolute atomic E-state index is 2.40. The molecule has 4 aromatic rings. The van der Waals surface area contributed by atoms with E-state index in [9.17, 15) is 0 Å². The first-order chi connectivity index (χ1) is 15.3. The Kier molecular flexibility index (Phi) is 5.41. The number of nitrogens with zero attached hydrogens (tertiary/aromatic N) is 1. The number of fused-ring (bicyclic) bond motifs is 1. The van der Waals surface area contributed by atoms with Gasteiger partial charge in [0.05, 0.1) is 0 Å². The monoisotopic (exact) mass is 401 g/mol. The van der Waals surface area contributed by atoms with Crippen LogP contribution in [0, 0.1) is 6.92 Å². The molecule has 0 fully saturated rings. The molecule has 1 aliphatic carbocycles. The standard InChI is InChI=1S/C30H27N/c1-23-13-15-24(16-14-23)17-18-25-19-21-28(22-20-25)31(27-9-3-2-4-10-27)30-12-6-8-26-7-5-11-29(26)30/h2-4,6,8-10,12-22H,5,7,11H2,1H3/b18-17+. The van der Waals surface area contributed by atoms with Crippen molar-refractivity contribution in [1.82, 2.24) is 0 Å². The fraction of sp³-hybridized carbons (Fsp3) is 0.133. The van der Waals surface area contributed by atoms with E-state index in [1.165, 1.54) is 57.7 Å². The molecule has 0 atom stereocenters. The van der Waals surface area contributed by atoms with E-state index in [0.29, 0.717) is 0 Å². The molecular formula is C30H27N. The summed E-state index contributed by atoms with van der Waals surface area (Å²) in [5.74, 6) is 0. The maximum Gasteiger partial charge on any atom is 0.0496 e. The molecule has 0 N–H and O–H groups in total. The smallest absolute Gasteiger partial charge is 0.0496 e. The molecule has 152 valence electrons. The van der Waals surface area contributed by atoms with Gasteiger partial charge in [-0.25, -0.2) is 0 Å². The second-order valence-corrected chi connectivity index (χ2v) is 8.27. The Morgan fingerprint density at radius 3 is 1.97 bits per heavy atom. The van der Waals surface area contributed by atoms with Gasteiger partial charge in [0.2, 0.25) is 0 Å². The van der Waals surface area contributed by atoms with E-state index in [0.717, 1.165) is 6.42 Å². The lowest BCUT2D eigenvalue weighted by Gasteiger charge is -2.27. The van der Waals surface area contributed by atoms with Crippen LogP contribution in [-0.4, -0.2) is 0 Å². The first-order valence-electron chi connectivity index (χ1n) is 11.1. The number of benzene rings is 4. The summed E-state index contributed by atoms with van der Waals surface area (Å²) in [6.07, 6.45) is 7.95. The van der Waals surface area contributed by atoms with Gasteiger partial charge in [0.25, 0.3) is 0 Å². The van der Waals surface area contributed by atoms with Gasteiger partial charge in [-0.2, -0.15) is 0 Å². The van der Waals surface area contributed by atoms with Crippen LogP contribution in [0.5, 0.6) is 0 Å². The van der Waals surface area contributed by atoms with Crippen molar-refractivity contribution >= 4 is 29.2 Å². The molecule has 1 aliphatic rings. The van der Waals surface area contributed by atoms with Crippen LogP contribution >= 0.6 is 0 Å². The minimum absolute atomic E-state index is 1.16. The van der Waals surface area contributed by atoms with E-state index >= 15 is 0 Å². The second kappa shape index (κ2) is 8.65. The zero-order valence-corrected chi connectivity index (χ0v) is 18.0. The third-order valence-electron chi connectivity index (χ3n) is 6.07. The third kappa shape index (κ3) is 4.18. The highest BCUT2D eigenvalue weighted by atomic mass is 15.1. The molecule has 1 heteroatoms. The molecule has 0 unspecified atom stereocenters. The lowest BCUT2D eigenvalue weighted by atomic mass is 10.0. The van der Waals surface area contributed by atoms with Gasteiger partial charge in [-0.05, 0) is 78.8 Å². The quantitative estimate of drug-likeness (QED) is 0.305. The van der Waals surface area contributed by atoms with Crippen LogP contribution in [0.4, 0.5) is 17.1 Å². The Morgan fingerprint density at radius 1 is 0.613 bits per heavy atom. The fourth-order valence-corrected chi connectivity index (χ4v) is 4.42. The van der Waals surface area contributed by atoms with Crippen molar-refractivity contribution in [2.45, 2.75) is 26.2 Å². The molecule has 0 bridgehead atoms. The van der Waals surface area contributed by atoms with Gasteiger partial charge >= 0.3 is 0 Å². The molecule has 0 amide bonds. The van der Waals surface area contributed by atoms with Crippen molar-refractivity contribution in [2.75, 3.05) is 4.90 Å². The van der Waals surface area contributed by atoms with Crippen LogP contribution in [0.25, 0.3) is 12.2 Å². The normalized spacial score (nSPS) is 12.8. The zero-order valence-electron chi connectivity index (χ0n) is 18.0. The number of rotatable bonds is 5. The summed E-state index contributed by atoms with van der Waals surface area (Å²) in [6, 6.07) is 35.0. The van der Waals surface area contributed by atoms with E-state index in [2.05, 4.69) is 121 Å². The maximum atomic E-state index is 2.40. The number of anilines is 3. The Morgan fingerprint density at radius 2 is 1.26 bits per heavy atom. The average Bonchev–Trinajstić information content (AvgIpc) is 3.30. The predicted molar refractivity (Wildman–Crippen MR) is 133 cm³/mol. The average molecular weight is 402 g/mol. The van der Waals surface area contributed by atoms with E-state index in [1.807, 2.05) is 0 Å². The van der Waals surface area contributed by atoms with Crippen molar-refractivity contribution < 1.29 is 0 Å². The van der Waals surface area contributed by atoms with Crippen LogP contribution in [0.3, 0.4) is 0 Å². The highest BCUT2D eigenvalue weighted by Gasteiger charge is 2.20. The van der Waals surface area contributed by atoms with E-state index in [-0.39, 0.29) is 0 Å². The predicted octanol–water partition coefficient (Wildman–Crippen LogP) is 8.12. The molecule has 4 aromatic carbocycles. The van der Waals surface area contributed by atoms with Crippen molar-refractivity contribution in [3.05, 3.63) is 125 Å². The third-order valence-corrected chi connectivity index (χ3v) is 6.07. The van der Waals surface area contributed by atoms with Crippen molar-refractivity contribution in [3.63, 3.8) is 0 Å². The minimum atomic E-state index is 1.16. The van der Waals surface area contributed by atoms with Gasteiger partial charge in [-0.15, -0.1) is 0 Å². The summed E-state index contributed by atoms with van der Waals surface area (Å²) >= 11 is 0. The summed E-state index contributed by atoms with van der Waals surface area (Å²) in [7, 11) is 0. The minimum Gasteiger partial charge on any atom is -0.310 e. The van der Waals surface area contributed by atoms with Gasteiger partial charge < -0.3 is 4.90 Å². The van der Waals surface area contributed by atoms with E-state index in [4.69, 9.17) is 0 Å². The summed E-state index contributed by atoms with van der Waals surface area (Å²) < 4.78 is 0. The highest BCUT2D eigenvalue weighted by molar-refractivity contribution is 5.80. The lowest BCUT2D eigenvalue weighted by Crippen LogP contribution is -2.12. The Balaban J connectivity index is 1.49. The molecule has 31 heavy (non-hydrogen) atoms. The first-order valence-corrected chi connectivity index (χ1v) is 11.1. The lowest BCUT2D eigenvalue weighted by molar-refractivity contribution is 0.911. The van der Waals surface area contributed by atoms with Crippen LogP contribution in [0.1, 0.15) is 34.2 Å². The summed E-state index contributed by atoms with van der Waals surface area (Å²) in [4.78, 5) is 2.40. The summed E-state index contributed by atoms with van der Waals surface area (Å²) in [5, 5.41) is 0. The summed E-state index contributed by atoms with van der Waals surface area (Å²) in [6.45, 7) is 2.12. The number of hydrogen-bond donors (Lipinski definition) is 0. The molecule has 0 spiro atoms. The molecule has 0 saturated heterocycles. The number of hydrogen-bond acceptors (Lipinski definition) is 1. The first kappa shape index (κ1) is 19.4. The SMILES string of the molecule is Cc1ccc(/C=C/c2ccc(N(c3ccccc3)c3cccc4c3CCC4)cc2)cc1. The largest absolute Gasteiger partial charge is 0.310 e. The van der Waals surface area contributed by atoms with Gasteiger partial charge in [0.15, 0.2) is 0 Å². The summed E-state index contributed by atoms with van der Waals surface area (Å²) in [5.41, 5.74) is 10.4. The molecule has 5 rings (SSSR count). The molecule has 0 heterocycles.